The monoisotopic (exact) mass is 334 g/mol. The molecule has 1 aliphatic rings. The van der Waals surface area contributed by atoms with Crippen molar-refractivity contribution in [1.82, 2.24) is 4.90 Å². The van der Waals surface area contributed by atoms with Crippen LogP contribution >= 0.6 is 23.2 Å². The van der Waals surface area contributed by atoms with E-state index >= 15 is 0 Å². The molecule has 0 radical (unpaired) electrons. The van der Waals surface area contributed by atoms with Crippen molar-refractivity contribution in [3.63, 3.8) is 0 Å². The van der Waals surface area contributed by atoms with Crippen LogP contribution in [-0.2, 0) is 4.79 Å². The Morgan fingerprint density at radius 3 is 2.57 bits per heavy atom. The fraction of sp³-hybridized carbons (Fsp3) is 0.500. The summed E-state index contributed by atoms with van der Waals surface area (Å²) in [6, 6.07) is 3.26. The van der Waals surface area contributed by atoms with Crippen LogP contribution in [0.5, 0.6) is 5.75 Å². The highest BCUT2D eigenvalue weighted by atomic mass is 35.5. The summed E-state index contributed by atoms with van der Waals surface area (Å²) in [5.74, 6) is -0.496. The van der Waals surface area contributed by atoms with Gasteiger partial charge in [0.05, 0.1) is 17.3 Å². The molecule has 1 aromatic rings. The van der Waals surface area contributed by atoms with E-state index in [1.54, 1.807) is 24.0 Å². The number of benzene rings is 1. The molecule has 0 N–H and O–H groups in total. The molecule has 4 nitrogen and oxygen atoms in total. The summed E-state index contributed by atoms with van der Waals surface area (Å²) in [4.78, 5) is 15.1. The van der Waals surface area contributed by atoms with Crippen LogP contribution in [0.4, 0.5) is 10.1 Å². The third-order valence-electron chi connectivity index (χ3n) is 3.40. The maximum atomic E-state index is 14.5. The summed E-state index contributed by atoms with van der Waals surface area (Å²) >= 11 is 11.5. The lowest BCUT2D eigenvalue weighted by Gasteiger charge is -2.36. The van der Waals surface area contributed by atoms with Crippen molar-refractivity contribution in [3.8, 4) is 5.75 Å². The standard InChI is InChI=1S/C14H17Cl2FN2O2/c1-2-21-14-10(16)3-4-11(13(14)17)18-5-7-19(8-6-18)12(20)9-15/h3-4H,2,5-9H2,1H3. The van der Waals surface area contributed by atoms with Crippen molar-refractivity contribution >= 4 is 34.8 Å². The van der Waals surface area contributed by atoms with Gasteiger partial charge in [-0.3, -0.25) is 4.79 Å². The molecule has 0 aromatic heterocycles. The molecule has 0 atom stereocenters. The molecule has 2 rings (SSSR count). The number of amides is 1. The molecule has 1 fully saturated rings. The Bertz CT molecular complexity index is 520. The number of carbonyl (C=O) groups is 1. The zero-order valence-corrected chi connectivity index (χ0v) is 13.3. The van der Waals surface area contributed by atoms with Gasteiger partial charge in [-0.2, -0.15) is 0 Å². The zero-order valence-electron chi connectivity index (χ0n) is 11.7. The number of halogens is 3. The predicted octanol–water partition coefficient (Wildman–Crippen LogP) is 2.77. The van der Waals surface area contributed by atoms with Gasteiger partial charge in [-0.05, 0) is 19.1 Å². The molecular formula is C14H17Cl2FN2O2. The highest BCUT2D eigenvalue weighted by Gasteiger charge is 2.24. The first-order valence-electron chi connectivity index (χ1n) is 6.78. The van der Waals surface area contributed by atoms with Crippen LogP contribution in [-0.4, -0.2) is 49.5 Å². The van der Waals surface area contributed by atoms with Gasteiger partial charge in [0.1, 0.15) is 5.88 Å². The van der Waals surface area contributed by atoms with E-state index in [-0.39, 0.29) is 22.6 Å². The highest BCUT2D eigenvalue weighted by molar-refractivity contribution is 6.32. The summed E-state index contributed by atoms with van der Waals surface area (Å²) in [6.07, 6.45) is 0. The van der Waals surface area contributed by atoms with Gasteiger partial charge in [0.2, 0.25) is 5.91 Å². The first kappa shape index (κ1) is 16.2. The van der Waals surface area contributed by atoms with E-state index in [9.17, 15) is 9.18 Å². The third kappa shape index (κ3) is 3.52. The summed E-state index contributed by atoms with van der Waals surface area (Å²) in [5.41, 5.74) is 0.445. The van der Waals surface area contributed by atoms with Gasteiger partial charge in [0.15, 0.2) is 11.6 Å². The van der Waals surface area contributed by atoms with Gasteiger partial charge >= 0.3 is 0 Å². The molecule has 1 amide bonds. The summed E-state index contributed by atoms with van der Waals surface area (Å²) < 4.78 is 19.7. The lowest BCUT2D eigenvalue weighted by atomic mass is 10.2. The Balaban J connectivity index is 2.13. The maximum absolute atomic E-state index is 14.5. The molecule has 1 aromatic carbocycles. The molecule has 0 bridgehead atoms. The average molecular weight is 335 g/mol. The van der Waals surface area contributed by atoms with E-state index in [0.29, 0.717) is 38.5 Å². The Morgan fingerprint density at radius 2 is 2.00 bits per heavy atom. The molecule has 21 heavy (non-hydrogen) atoms. The van der Waals surface area contributed by atoms with Crippen molar-refractivity contribution in [3.05, 3.63) is 23.0 Å². The lowest BCUT2D eigenvalue weighted by molar-refractivity contribution is -0.128. The van der Waals surface area contributed by atoms with Crippen LogP contribution in [0, 0.1) is 5.82 Å². The molecule has 1 saturated heterocycles. The van der Waals surface area contributed by atoms with Gasteiger partial charge in [-0.1, -0.05) is 11.6 Å². The van der Waals surface area contributed by atoms with Crippen LogP contribution < -0.4 is 9.64 Å². The molecule has 1 heterocycles. The van der Waals surface area contributed by atoms with Gasteiger partial charge in [-0.25, -0.2) is 4.39 Å². The minimum Gasteiger partial charge on any atom is -0.489 e. The Hall–Kier alpha value is -1.20. The minimum atomic E-state index is -0.457. The average Bonchev–Trinajstić information content (AvgIpc) is 2.51. The van der Waals surface area contributed by atoms with Crippen LogP contribution in [0.2, 0.25) is 5.02 Å². The van der Waals surface area contributed by atoms with Crippen LogP contribution in [0.25, 0.3) is 0 Å². The summed E-state index contributed by atoms with van der Waals surface area (Å²) in [6.45, 7) is 4.27. The lowest BCUT2D eigenvalue weighted by Crippen LogP contribution is -2.49. The van der Waals surface area contributed by atoms with Gasteiger partial charge in [0.25, 0.3) is 0 Å². The number of hydrogen-bond donors (Lipinski definition) is 0. The highest BCUT2D eigenvalue weighted by Crippen LogP contribution is 2.34. The Morgan fingerprint density at radius 1 is 1.33 bits per heavy atom. The SMILES string of the molecule is CCOc1c(Cl)ccc(N2CCN(C(=O)CCl)CC2)c1F. The van der Waals surface area contributed by atoms with E-state index in [1.165, 1.54) is 0 Å². The van der Waals surface area contributed by atoms with E-state index < -0.39 is 5.82 Å². The summed E-state index contributed by atoms with van der Waals surface area (Å²) in [5, 5.41) is 0.258. The first-order chi connectivity index (χ1) is 10.1. The largest absolute Gasteiger partial charge is 0.489 e. The zero-order chi connectivity index (χ0) is 15.4. The van der Waals surface area contributed by atoms with Crippen LogP contribution in [0.15, 0.2) is 12.1 Å². The number of ether oxygens (including phenoxy) is 1. The number of alkyl halides is 1. The van der Waals surface area contributed by atoms with Gasteiger partial charge < -0.3 is 14.5 Å². The van der Waals surface area contributed by atoms with E-state index in [0.717, 1.165) is 0 Å². The third-order valence-corrected chi connectivity index (χ3v) is 3.93. The van der Waals surface area contributed by atoms with Crippen molar-refractivity contribution in [1.29, 1.82) is 0 Å². The number of carbonyl (C=O) groups excluding carboxylic acids is 1. The second-order valence-electron chi connectivity index (χ2n) is 4.64. The molecular weight excluding hydrogens is 318 g/mol. The second-order valence-corrected chi connectivity index (χ2v) is 5.32. The number of hydrogen-bond acceptors (Lipinski definition) is 3. The van der Waals surface area contributed by atoms with Crippen LogP contribution in [0.1, 0.15) is 6.92 Å². The molecule has 7 heteroatoms. The second kappa shape index (κ2) is 7.18. The molecule has 0 aliphatic carbocycles. The normalized spacial score (nSPS) is 15.2. The molecule has 0 saturated carbocycles. The fourth-order valence-corrected chi connectivity index (χ4v) is 2.69. The summed E-state index contributed by atoms with van der Waals surface area (Å²) in [7, 11) is 0. The topological polar surface area (TPSA) is 32.8 Å². The molecule has 0 spiro atoms. The van der Waals surface area contributed by atoms with E-state index in [2.05, 4.69) is 0 Å². The predicted molar refractivity (Wildman–Crippen MR) is 82.1 cm³/mol. The Labute approximate surface area is 133 Å². The minimum absolute atomic E-state index is 0.0240. The van der Waals surface area contributed by atoms with Crippen molar-refractivity contribution < 1.29 is 13.9 Å². The van der Waals surface area contributed by atoms with Crippen molar-refractivity contribution in [2.45, 2.75) is 6.92 Å². The number of rotatable bonds is 4. The Kier molecular flexibility index (Phi) is 5.53. The molecule has 1 aliphatic heterocycles. The fourth-order valence-electron chi connectivity index (χ4n) is 2.32. The number of nitrogens with zero attached hydrogens (tertiary/aromatic N) is 2. The quantitative estimate of drug-likeness (QED) is 0.794. The van der Waals surface area contributed by atoms with Gasteiger partial charge in [0, 0.05) is 26.2 Å². The van der Waals surface area contributed by atoms with Crippen molar-refractivity contribution in [2.24, 2.45) is 0 Å². The number of piperazine rings is 1. The molecule has 116 valence electrons. The number of anilines is 1. The maximum Gasteiger partial charge on any atom is 0.237 e. The van der Waals surface area contributed by atoms with Gasteiger partial charge in [-0.15, -0.1) is 11.6 Å². The molecule has 0 unspecified atom stereocenters. The van der Waals surface area contributed by atoms with E-state index in [1.807, 2.05) is 4.90 Å². The van der Waals surface area contributed by atoms with E-state index in [4.69, 9.17) is 27.9 Å². The smallest absolute Gasteiger partial charge is 0.237 e. The van der Waals surface area contributed by atoms with Crippen LogP contribution in [0.3, 0.4) is 0 Å². The van der Waals surface area contributed by atoms with Crippen molar-refractivity contribution in [2.75, 3.05) is 43.6 Å². The first-order valence-corrected chi connectivity index (χ1v) is 7.69.